The molecule has 1 aromatic rings. The molecule has 3 heteroatoms. The number of rotatable bonds is 3. The number of benzene rings is 1. The van der Waals surface area contributed by atoms with E-state index in [1.54, 1.807) is 11.1 Å². The molecule has 1 saturated carbocycles. The van der Waals surface area contributed by atoms with Gasteiger partial charge in [0.1, 0.15) is 0 Å². The summed E-state index contributed by atoms with van der Waals surface area (Å²) in [5.41, 5.74) is 3.10. The number of nitrogens with zero attached hydrogens (tertiary/aromatic N) is 1. The smallest absolute Gasteiger partial charge is 0.0751 e. The SMILES string of the molecule is CO[C@H]1CN(C2Cc3ccccc3C2)[C@@H]2CC[C@@H](OC)[C@@H]1C2. The van der Waals surface area contributed by atoms with E-state index in [0.717, 1.165) is 12.6 Å². The van der Waals surface area contributed by atoms with Crippen molar-refractivity contribution < 1.29 is 9.47 Å². The van der Waals surface area contributed by atoms with Crippen molar-refractivity contribution in [3.8, 4) is 0 Å². The molecule has 1 aliphatic heterocycles. The van der Waals surface area contributed by atoms with E-state index < -0.39 is 0 Å². The van der Waals surface area contributed by atoms with Gasteiger partial charge in [0.05, 0.1) is 12.2 Å². The lowest BCUT2D eigenvalue weighted by atomic mass is 9.75. The van der Waals surface area contributed by atoms with Gasteiger partial charge in [0.15, 0.2) is 0 Å². The fourth-order valence-corrected chi connectivity index (χ4v) is 5.10. The highest BCUT2D eigenvalue weighted by Crippen LogP contribution is 2.40. The highest BCUT2D eigenvalue weighted by atomic mass is 16.5. The van der Waals surface area contributed by atoms with Crippen molar-refractivity contribution in [1.82, 2.24) is 4.90 Å². The molecule has 2 bridgehead atoms. The van der Waals surface area contributed by atoms with Crippen molar-refractivity contribution in [1.29, 1.82) is 0 Å². The van der Waals surface area contributed by atoms with Crippen LogP contribution in [0.4, 0.5) is 0 Å². The van der Waals surface area contributed by atoms with E-state index in [-0.39, 0.29) is 0 Å². The Labute approximate surface area is 133 Å². The third kappa shape index (κ3) is 2.40. The van der Waals surface area contributed by atoms with Gasteiger partial charge in [-0.3, -0.25) is 4.90 Å². The van der Waals surface area contributed by atoms with Crippen molar-refractivity contribution in [2.24, 2.45) is 5.92 Å². The van der Waals surface area contributed by atoms with Gasteiger partial charge >= 0.3 is 0 Å². The van der Waals surface area contributed by atoms with E-state index >= 15 is 0 Å². The Bertz CT molecular complexity index is 507. The zero-order valence-electron chi connectivity index (χ0n) is 13.7. The second-order valence-electron chi connectivity index (χ2n) is 7.21. The lowest BCUT2D eigenvalue weighted by Crippen LogP contribution is -2.59. The van der Waals surface area contributed by atoms with Gasteiger partial charge in [0.25, 0.3) is 0 Å². The van der Waals surface area contributed by atoms with Crippen molar-refractivity contribution >= 4 is 0 Å². The zero-order valence-corrected chi connectivity index (χ0v) is 13.7. The van der Waals surface area contributed by atoms with Crippen molar-refractivity contribution in [3.63, 3.8) is 0 Å². The van der Waals surface area contributed by atoms with E-state index in [1.165, 1.54) is 32.1 Å². The number of ether oxygens (including phenoxy) is 2. The molecule has 22 heavy (non-hydrogen) atoms. The molecule has 120 valence electrons. The summed E-state index contributed by atoms with van der Waals surface area (Å²) in [7, 11) is 3.73. The topological polar surface area (TPSA) is 21.7 Å². The Morgan fingerprint density at radius 3 is 2.23 bits per heavy atom. The number of piperidine rings is 1. The molecule has 1 heterocycles. The molecular weight excluding hydrogens is 274 g/mol. The van der Waals surface area contributed by atoms with E-state index in [2.05, 4.69) is 29.2 Å². The molecule has 4 rings (SSSR count). The first-order valence-electron chi connectivity index (χ1n) is 8.68. The summed E-state index contributed by atoms with van der Waals surface area (Å²) in [6.07, 6.45) is 6.84. The Balaban J connectivity index is 1.52. The van der Waals surface area contributed by atoms with Crippen molar-refractivity contribution in [2.45, 2.75) is 56.4 Å². The van der Waals surface area contributed by atoms with Gasteiger partial charge in [-0.05, 0) is 43.2 Å². The van der Waals surface area contributed by atoms with Gasteiger partial charge in [-0.15, -0.1) is 0 Å². The summed E-state index contributed by atoms with van der Waals surface area (Å²) in [6, 6.07) is 10.3. The van der Waals surface area contributed by atoms with Crippen molar-refractivity contribution in [3.05, 3.63) is 35.4 Å². The zero-order chi connectivity index (χ0) is 15.1. The van der Waals surface area contributed by atoms with Crippen LogP contribution in [0.1, 0.15) is 30.4 Å². The third-order valence-corrected chi connectivity index (χ3v) is 6.25. The second kappa shape index (κ2) is 5.95. The minimum atomic E-state index is 0.324. The first-order chi connectivity index (χ1) is 10.8. The average molecular weight is 301 g/mol. The van der Waals surface area contributed by atoms with Gasteiger partial charge in [-0.25, -0.2) is 0 Å². The van der Waals surface area contributed by atoms with Crippen LogP contribution in [0.3, 0.4) is 0 Å². The lowest BCUT2D eigenvalue weighted by Gasteiger charge is -2.51. The van der Waals surface area contributed by atoms with Crippen LogP contribution < -0.4 is 0 Å². The van der Waals surface area contributed by atoms with Gasteiger partial charge < -0.3 is 9.47 Å². The van der Waals surface area contributed by atoms with Crippen LogP contribution in [0.5, 0.6) is 0 Å². The fourth-order valence-electron chi connectivity index (χ4n) is 5.10. The number of hydrogen-bond acceptors (Lipinski definition) is 3. The average Bonchev–Trinajstić information content (AvgIpc) is 2.99. The minimum Gasteiger partial charge on any atom is -0.381 e. The van der Waals surface area contributed by atoms with Crippen LogP contribution in [-0.4, -0.2) is 50.0 Å². The van der Waals surface area contributed by atoms with Crippen LogP contribution in [-0.2, 0) is 22.3 Å². The van der Waals surface area contributed by atoms with E-state index in [4.69, 9.17) is 9.47 Å². The molecule has 0 amide bonds. The molecule has 3 nitrogen and oxygen atoms in total. The molecule has 1 aromatic carbocycles. The molecule has 0 spiro atoms. The maximum Gasteiger partial charge on any atom is 0.0751 e. The number of methoxy groups -OCH3 is 2. The summed E-state index contributed by atoms with van der Waals surface area (Å²) >= 11 is 0. The molecule has 2 aliphatic carbocycles. The number of likely N-dealkylation sites (tertiary alicyclic amines) is 1. The molecule has 0 aromatic heterocycles. The Hall–Kier alpha value is -0.900. The summed E-state index contributed by atoms with van der Waals surface area (Å²) in [5.74, 6) is 0.578. The van der Waals surface area contributed by atoms with Gasteiger partial charge in [-0.2, -0.15) is 0 Å². The molecule has 1 saturated heterocycles. The summed E-state index contributed by atoms with van der Waals surface area (Å²) in [5, 5.41) is 0. The minimum absolute atomic E-state index is 0.324. The van der Waals surface area contributed by atoms with Crippen LogP contribution in [0.25, 0.3) is 0 Å². The third-order valence-electron chi connectivity index (χ3n) is 6.25. The lowest BCUT2D eigenvalue weighted by molar-refractivity contribution is -0.123. The van der Waals surface area contributed by atoms with E-state index in [0.29, 0.717) is 24.2 Å². The summed E-state index contributed by atoms with van der Waals surface area (Å²) in [4.78, 5) is 2.76. The largest absolute Gasteiger partial charge is 0.381 e. The summed E-state index contributed by atoms with van der Waals surface area (Å²) < 4.78 is 11.6. The standard InChI is InChI=1S/C19H27NO2/c1-21-18-8-7-15-11-17(18)19(22-2)12-20(15)16-9-13-5-3-4-6-14(13)10-16/h3-6,15-19H,7-12H2,1-2H3/t15-,17+,18-,19+/m1/s1. The maximum absolute atomic E-state index is 5.85. The van der Waals surface area contributed by atoms with Crippen LogP contribution in [0.2, 0.25) is 0 Å². The normalized spacial score (nSPS) is 35.5. The monoisotopic (exact) mass is 301 g/mol. The Morgan fingerprint density at radius 1 is 0.909 bits per heavy atom. The van der Waals surface area contributed by atoms with Gasteiger partial charge in [0, 0.05) is 38.8 Å². The van der Waals surface area contributed by atoms with Gasteiger partial charge in [0.2, 0.25) is 0 Å². The Kier molecular flexibility index (Phi) is 3.97. The van der Waals surface area contributed by atoms with Crippen molar-refractivity contribution in [2.75, 3.05) is 20.8 Å². The van der Waals surface area contributed by atoms with Crippen LogP contribution in [0.15, 0.2) is 24.3 Å². The van der Waals surface area contributed by atoms with Crippen LogP contribution >= 0.6 is 0 Å². The Morgan fingerprint density at radius 2 is 1.59 bits per heavy atom. The van der Waals surface area contributed by atoms with E-state index in [9.17, 15) is 0 Å². The summed E-state index contributed by atoms with van der Waals surface area (Å²) in [6.45, 7) is 1.07. The fraction of sp³-hybridized carbons (Fsp3) is 0.684. The molecular formula is C19H27NO2. The molecule has 0 unspecified atom stereocenters. The highest BCUT2D eigenvalue weighted by molar-refractivity contribution is 5.33. The highest BCUT2D eigenvalue weighted by Gasteiger charge is 2.45. The second-order valence-corrected chi connectivity index (χ2v) is 7.21. The molecule has 2 fully saturated rings. The maximum atomic E-state index is 5.85. The predicted molar refractivity (Wildman–Crippen MR) is 87.1 cm³/mol. The van der Waals surface area contributed by atoms with E-state index in [1.807, 2.05) is 14.2 Å². The molecule has 3 aliphatic rings. The van der Waals surface area contributed by atoms with Crippen LogP contribution in [0, 0.1) is 5.92 Å². The predicted octanol–water partition coefficient (Wildman–Crippen LogP) is 2.67. The molecule has 0 N–H and O–H groups in total. The number of hydrogen-bond donors (Lipinski definition) is 0. The quantitative estimate of drug-likeness (QED) is 0.857. The first kappa shape index (κ1) is 14.7. The first-order valence-corrected chi connectivity index (χ1v) is 8.68. The molecule has 4 atom stereocenters. The van der Waals surface area contributed by atoms with Gasteiger partial charge in [-0.1, -0.05) is 24.3 Å². The number of fused-ring (bicyclic) bond motifs is 3. The molecule has 0 radical (unpaired) electrons.